The highest BCUT2D eigenvalue weighted by molar-refractivity contribution is 5.79. The molecule has 3 amide bonds. The molecule has 0 aromatic rings. The third-order valence-electron chi connectivity index (χ3n) is 3.21. The number of rotatable bonds is 3. The zero-order valence-corrected chi connectivity index (χ0v) is 11.3. The summed E-state index contributed by atoms with van der Waals surface area (Å²) >= 11 is 0. The summed E-state index contributed by atoms with van der Waals surface area (Å²) in [6.45, 7) is 1.56. The van der Waals surface area contributed by atoms with Crippen LogP contribution >= 0.6 is 0 Å². The number of hydrogen-bond acceptors (Lipinski definition) is 4. The number of carbonyl (C=O) groups excluding carboxylic acids is 2. The van der Waals surface area contributed by atoms with E-state index in [0.717, 1.165) is 0 Å². The fourth-order valence-electron chi connectivity index (χ4n) is 2.16. The topological polar surface area (TPSA) is 116 Å². The average molecular weight is 272 g/mol. The van der Waals surface area contributed by atoms with E-state index in [9.17, 15) is 14.4 Å². The molecular weight excluding hydrogens is 252 g/mol. The van der Waals surface area contributed by atoms with Crippen molar-refractivity contribution in [2.75, 3.05) is 27.2 Å². The minimum atomic E-state index is -1.03. The second-order valence-electron chi connectivity index (χ2n) is 4.86. The molecule has 1 rings (SSSR count). The van der Waals surface area contributed by atoms with Crippen LogP contribution in [0.2, 0.25) is 0 Å². The van der Waals surface area contributed by atoms with E-state index in [4.69, 9.17) is 10.8 Å². The minimum absolute atomic E-state index is 0.0533. The Labute approximate surface area is 111 Å². The summed E-state index contributed by atoms with van der Waals surface area (Å²) < 4.78 is 0. The summed E-state index contributed by atoms with van der Waals surface area (Å²) in [5.74, 6) is -2.10. The molecule has 1 aliphatic rings. The number of aliphatic carboxylic acids is 1. The zero-order valence-electron chi connectivity index (χ0n) is 11.3. The molecule has 0 aliphatic carbocycles. The summed E-state index contributed by atoms with van der Waals surface area (Å²) in [5.41, 5.74) is 5.89. The van der Waals surface area contributed by atoms with Crippen molar-refractivity contribution in [1.82, 2.24) is 15.1 Å². The number of amides is 3. The summed E-state index contributed by atoms with van der Waals surface area (Å²) in [6, 6.07) is -1.53. The van der Waals surface area contributed by atoms with Crippen molar-refractivity contribution in [1.29, 1.82) is 0 Å². The first kappa shape index (κ1) is 15.2. The van der Waals surface area contributed by atoms with Crippen molar-refractivity contribution < 1.29 is 19.5 Å². The Balaban J connectivity index is 2.88. The maximum Gasteiger partial charge on any atom is 0.319 e. The van der Waals surface area contributed by atoms with Gasteiger partial charge in [-0.1, -0.05) is 0 Å². The van der Waals surface area contributed by atoms with E-state index in [2.05, 4.69) is 5.32 Å². The highest BCUT2D eigenvalue weighted by atomic mass is 16.4. The van der Waals surface area contributed by atoms with Gasteiger partial charge in [0.2, 0.25) is 5.91 Å². The molecule has 19 heavy (non-hydrogen) atoms. The first-order chi connectivity index (χ1) is 8.75. The van der Waals surface area contributed by atoms with Crippen LogP contribution in [0.15, 0.2) is 0 Å². The summed E-state index contributed by atoms with van der Waals surface area (Å²) in [5, 5.41) is 11.7. The van der Waals surface area contributed by atoms with Gasteiger partial charge in [-0.2, -0.15) is 0 Å². The molecule has 8 nitrogen and oxygen atoms in total. The lowest BCUT2D eigenvalue weighted by atomic mass is 10.00. The predicted molar refractivity (Wildman–Crippen MR) is 67.4 cm³/mol. The number of hydrogen-bond donors (Lipinski definition) is 3. The lowest BCUT2D eigenvalue weighted by molar-refractivity contribution is -0.141. The summed E-state index contributed by atoms with van der Waals surface area (Å²) in [4.78, 5) is 36.8. The molecule has 1 saturated heterocycles. The maximum atomic E-state index is 12.0. The van der Waals surface area contributed by atoms with Crippen LogP contribution in [-0.4, -0.2) is 72.1 Å². The van der Waals surface area contributed by atoms with Crippen LogP contribution in [0, 0.1) is 5.92 Å². The van der Waals surface area contributed by atoms with Gasteiger partial charge in [0, 0.05) is 40.2 Å². The average Bonchev–Trinajstić information content (AvgIpc) is 2.62. The van der Waals surface area contributed by atoms with E-state index in [1.165, 1.54) is 16.7 Å². The van der Waals surface area contributed by atoms with E-state index < -0.39 is 24.0 Å². The van der Waals surface area contributed by atoms with Gasteiger partial charge in [-0.05, 0) is 0 Å². The molecule has 0 aromatic heterocycles. The second-order valence-corrected chi connectivity index (χ2v) is 4.86. The zero-order chi connectivity index (χ0) is 14.7. The smallest absolute Gasteiger partial charge is 0.319 e. The van der Waals surface area contributed by atoms with Gasteiger partial charge in [-0.25, -0.2) is 4.79 Å². The molecule has 0 spiro atoms. The van der Waals surface area contributed by atoms with Crippen molar-refractivity contribution >= 4 is 17.9 Å². The molecule has 0 aromatic carbocycles. The molecule has 3 unspecified atom stereocenters. The first-order valence-corrected chi connectivity index (χ1v) is 5.96. The third kappa shape index (κ3) is 3.34. The Bertz CT molecular complexity index is 385. The van der Waals surface area contributed by atoms with Gasteiger partial charge in [0.25, 0.3) is 0 Å². The number of carbonyl (C=O) groups is 3. The van der Waals surface area contributed by atoms with Gasteiger partial charge in [0.15, 0.2) is 0 Å². The number of nitrogens with one attached hydrogen (secondary N) is 1. The molecule has 1 aliphatic heterocycles. The third-order valence-corrected chi connectivity index (χ3v) is 3.21. The van der Waals surface area contributed by atoms with Crippen molar-refractivity contribution in [2.45, 2.75) is 19.0 Å². The van der Waals surface area contributed by atoms with Crippen molar-refractivity contribution in [3.8, 4) is 0 Å². The number of nitrogens with zero attached hydrogens (tertiary/aromatic N) is 2. The lowest BCUT2D eigenvalue weighted by Gasteiger charge is -2.29. The molecule has 0 radical (unpaired) electrons. The Morgan fingerprint density at radius 2 is 2.00 bits per heavy atom. The molecule has 1 fully saturated rings. The molecule has 108 valence electrons. The SMILES string of the molecule is CC(=O)NCC1C(N)C(C(=O)O)CN1C(=O)N(C)C. The number of likely N-dealkylation sites (tertiary alicyclic amines) is 1. The van der Waals surface area contributed by atoms with Crippen LogP contribution in [-0.2, 0) is 9.59 Å². The summed E-state index contributed by atoms with van der Waals surface area (Å²) in [7, 11) is 3.16. The second kappa shape index (κ2) is 5.87. The van der Waals surface area contributed by atoms with Gasteiger partial charge >= 0.3 is 12.0 Å². The Hall–Kier alpha value is -1.83. The fourth-order valence-corrected chi connectivity index (χ4v) is 2.16. The number of urea groups is 1. The maximum absolute atomic E-state index is 12.0. The molecule has 8 heteroatoms. The van der Waals surface area contributed by atoms with Crippen molar-refractivity contribution in [2.24, 2.45) is 11.7 Å². The van der Waals surface area contributed by atoms with Crippen LogP contribution in [0.25, 0.3) is 0 Å². The Morgan fingerprint density at radius 3 is 2.42 bits per heavy atom. The number of nitrogens with two attached hydrogens (primary N) is 1. The number of carboxylic acids is 1. The number of carboxylic acid groups (broad SMARTS) is 1. The highest BCUT2D eigenvalue weighted by Gasteiger charge is 2.45. The van der Waals surface area contributed by atoms with E-state index >= 15 is 0 Å². The quantitative estimate of drug-likeness (QED) is 0.579. The predicted octanol–water partition coefficient (Wildman–Crippen LogP) is -1.48. The van der Waals surface area contributed by atoms with Gasteiger partial charge in [-0.15, -0.1) is 0 Å². The van der Waals surface area contributed by atoms with Crippen molar-refractivity contribution in [3.05, 3.63) is 0 Å². The van der Waals surface area contributed by atoms with Gasteiger partial charge < -0.3 is 26.0 Å². The van der Waals surface area contributed by atoms with Crippen LogP contribution in [0.5, 0.6) is 0 Å². The van der Waals surface area contributed by atoms with Crippen LogP contribution < -0.4 is 11.1 Å². The molecular formula is C11H20N4O4. The lowest BCUT2D eigenvalue weighted by Crippen LogP contribution is -2.52. The van der Waals surface area contributed by atoms with E-state index in [1.807, 2.05) is 0 Å². The van der Waals surface area contributed by atoms with Gasteiger partial charge in [0.05, 0.1) is 12.0 Å². The van der Waals surface area contributed by atoms with Crippen LogP contribution in [0.3, 0.4) is 0 Å². The normalized spacial score (nSPS) is 26.1. The summed E-state index contributed by atoms with van der Waals surface area (Å²) in [6.07, 6.45) is 0. The first-order valence-electron chi connectivity index (χ1n) is 5.96. The monoisotopic (exact) mass is 272 g/mol. The standard InChI is InChI=1S/C11H20N4O4/c1-6(16)13-4-8-9(12)7(10(17)18)5-15(8)11(19)14(2)3/h7-9H,4-5,12H2,1-3H3,(H,13,16)(H,17,18). The molecule has 0 saturated carbocycles. The Morgan fingerprint density at radius 1 is 1.42 bits per heavy atom. The van der Waals surface area contributed by atoms with E-state index in [1.54, 1.807) is 14.1 Å². The highest BCUT2D eigenvalue weighted by Crippen LogP contribution is 2.23. The van der Waals surface area contributed by atoms with Gasteiger partial charge in [0.1, 0.15) is 0 Å². The van der Waals surface area contributed by atoms with Gasteiger partial charge in [-0.3, -0.25) is 9.59 Å². The Kier molecular flexibility index (Phi) is 4.71. The molecule has 3 atom stereocenters. The molecule has 1 heterocycles. The van der Waals surface area contributed by atoms with Crippen LogP contribution in [0.4, 0.5) is 4.79 Å². The minimum Gasteiger partial charge on any atom is -0.481 e. The molecule has 0 bridgehead atoms. The van der Waals surface area contributed by atoms with E-state index in [0.29, 0.717) is 0 Å². The van der Waals surface area contributed by atoms with Crippen LogP contribution in [0.1, 0.15) is 6.92 Å². The van der Waals surface area contributed by atoms with E-state index in [-0.39, 0.29) is 25.0 Å². The largest absolute Gasteiger partial charge is 0.481 e. The fraction of sp³-hybridized carbons (Fsp3) is 0.727. The molecule has 4 N–H and O–H groups in total. The van der Waals surface area contributed by atoms with Crippen molar-refractivity contribution in [3.63, 3.8) is 0 Å².